The Labute approximate surface area is 182 Å². The summed E-state index contributed by atoms with van der Waals surface area (Å²) in [5.41, 5.74) is 4.61. The Morgan fingerprint density at radius 3 is 2.43 bits per heavy atom. The van der Waals surface area contributed by atoms with E-state index in [1.54, 1.807) is 11.8 Å². The molecule has 1 fully saturated rings. The molecule has 0 bridgehead atoms. The monoisotopic (exact) mass is 414 g/mol. The quantitative estimate of drug-likeness (QED) is 0.375. The third kappa shape index (κ3) is 5.01. The fourth-order valence-corrected chi connectivity index (χ4v) is 4.60. The number of benzene rings is 2. The van der Waals surface area contributed by atoms with Crippen molar-refractivity contribution in [2.45, 2.75) is 56.0 Å². The van der Waals surface area contributed by atoms with Crippen molar-refractivity contribution in [1.29, 1.82) is 5.26 Å². The SMILES string of the molecule is Cc1ccc(-c2nc(SCc3ccccc3)nc(NC3CCCCC3)c2C#N)cc1. The molecule has 4 nitrogen and oxygen atoms in total. The fraction of sp³-hybridized carbons (Fsp3) is 0.320. The van der Waals surface area contributed by atoms with E-state index in [0.717, 1.165) is 24.2 Å². The predicted molar refractivity (Wildman–Crippen MR) is 123 cm³/mol. The van der Waals surface area contributed by atoms with Gasteiger partial charge in [-0.3, -0.25) is 0 Å². The lowest BCUT2D eigenvalue weighted by molar-refractivity contribution is 0.461. The number of anilines is 1. The van der Waals surface area contributed by atoms with Crippen molar-refractivity contribution in [2.75, 3.05) is 5.32 Å². The van der Waals surface area contributed by atoms with Gasteiger partial charge >= 0.3 is 0 Å². The van der Waals surface area contributed by atoms with Gasteiger partial charge in [-0.15, -0.1) is 0 Å². The maximum absolute atomic E-state index is 9.97. The lowest BCUT2D eigenvalue weighted by Crippen LogP contribution is -2.24. The van der Waals surface area contributed by atoms with Gasteiger partial charge in [-0.2, -0.15) is 5.26 Å². The van der Waals surface area contributed by atoms with Gasteiger partial charge in [-0.25, -0.2) is 9.97 Å². The van der Waals surface area contributed by atoms with Gasteiger partial charge in [-0.05, 0) is 25.3 Å². The van der Waals surface area contributed by atoms with E-state index in [9.17, 15) is 5.26 Å². The maximum atomic E-state index is 9.97. The molecule has 1 saturated carbocycles. The van der Waals surface area contributed by atoms with E-state index >= 15 is 0 Å². The molecule has 4 rings (SSSR count). The fourth-order valence-electron chi connectivity index (χ4n) is 3.80. The summed E-state index contributed by atoms with van der Waals surface area (Å²) in [6, 6.07) is 21.3. The third-order valence-electron chi connectivity index (χ3n) is 5.48. The van der Waals surface area contributed by atoms with Crippen molar-refractivity contribution in [2.24, 2.45) is 0 Å². The molecule has 1 aliphatic carbocycles. The number of nitriles is 1. The van der Waals surface area contributed by atoms with Gasteiger partial charge in [0.05, 0.1) is 5.69 Å². The standard InChI is InChI=1S/C25H26N4S/c1-18-12-14-20(15-13-18)23-22(16-26)24(27-21-10-6-3-7-11-21)29-25(28-23)30-17-19-8-4-2-5-9-19/h2,4-5,8-9,12-15,21H,3,6-7,10-11,17H2,1H3,(H,27,28,29). The van der Waals surface area contributed by atoms with E-state index in [1.807, 2.05) is 30.3 Å². The first-order valence-corrected chi connectivity index (χ1v) is 11.5. The van der Waals surface area contributed by atoms with Gasteiger partial charge in [0.15, 0.2) is 5.16 Å². The van der Waals surface area contributed by atoms with Crippen molar-refractivity contribution < 1.29 is 0 Å². The van der Waals surface area contributed by atoms with Crippen molar-refractivity contribution in [3.8, 4) is 17.3 Å². The molecule has 1 heterocycles. The summed E-state index contributed by atoms with van der Waals surface area (Å²) in [6.07, 6.45) is 6.00. The Bertz CT molecular complexity index is 1020. The highest BCUT2D eigenvalue weighted by Gasteiger charge is 2.20. The van der Waals surface area contributed by atoms with Crippen molar-refractivity contribution in [1.82, 2.24) is 9.97 Å². The molecule has 2 aromatic carbocycles. The van der Waals surface area contributed by atoms with E-state index in [0.29, 0.717) is 28.3 Å². The molecule has 1 N–H and O–H groups in total. The molecular weight excluding hydrogens is 388 g/mol. The summed E-state index contributed by atoms with van der Waals surface area (Å²) >= 11 is 1.61. The van der Waals surface area contributed by atoms with Crippen LogP contribution in [0.3, 0.4) is 0 Å². The molecule has 0 aliphatic heterocycles. The smallest absolute Gasteiger partial charge is 0.190 e. The van der Waals surface area contributed by atoms with Gasteiger partial charge in [0.25, 0.3) is 0 Å². The second-order valence-corrected chi connectivity index (χ2v) is 8.75. The van der Waals surface area contributed by atoms with Crippen LogP contribution in [-0.4, -0.2) is 16.0 Å². The Balaban J connectivity index is 1.69. The number of aryl methyl sites for hydroxylation is 1. The molecule has 0 atom stereocenters. The van der Waals surface area contributed by atoms with Crippen LogP contribution < -0.4 is 5.32 Å². The summed E-state index contributed by atoms with van der Waals surface area (Å²) < 4.78 is 0. The zero-order valence-corrected chi connectivity index (χ0v) is 18.1. The minimum atomic E-state index is 0.374. The second kappa shape index (κ2) is 9.77. The van der Waals surface area contributed by atoms with Crippen LogP contribution in [-0.2, 0) is 5.75 Å². The summed E-state index contributed by atoms with van der Waals surface area (Å²) in [5, 5.41) is 14.2. The van der Waals surface area contributed by atoms with Crippen LogP contribution >= 0.6 is 11.8 Å². The average molecular weight is 415 g/mol. The summed E-state index contributed by atoms with van der Waals surface area (Å²) in [7, 11) is 0. The van der Waals surface area contributed by atoms with E-state index in [-0.39, 0.29) is 0 Å². The van der Waals surface area contributed by atoms with Crippen LogP contribution in [0.1, 0.15) is 48.8 Å². The summed E-state index contributed by atoms with van der Waals surface area (Å²) in [5.74, 6) is 1.47. The highest BCUT2D eigenvalue weighted by atomic mass is 32.2. The third-order valence-corrected chi connectivity index (χ3v) is 6.40. The first-order chi connectivity index (χ1) is 14.7. The average Bonchev–Trinajstić information content (AvgIpc) is 2.79. The molecule has 0 saturated heterocycles. The number of nitrogens with zero attached hydrogens (tertiary/aromatic N) is 3. The molecule has 30 heavy (non-hydrogen) atoms. The van der Waals surface area contributed by atoms with Gasteiger partial charge in [-0.1, -0.05) is 91.2 Å². The van der Waals surface area contributed by atoms with Gasteiger partial charge in [0, 0.05) is 17.4 Å². The summed E-state index contributed by atoms with van der Waals surface area (Å²) in [6.45, 7) is 2.06. The van der Waals surface area contributed by atoms with Crippen LogP contribution in [0.15, 0.2) is 59.8 Å². The number of rotatable bonds is 6. The minimum absolute atomic E-state index is 0.374. The van der Waals surface area contributed by atoms with Crippen molar-refractivity contribution >= 4 is 17.6 Å². The zero-order chi connectivity index (χ0) is 20.8. The van der Waals surface area contributed by atoms with E-state index in [1.165, 1.54) is 30.4 Å². The molecule has 0 radical (unpaired) electrons. The van der Waals surface area contributed by atoms with Crippen LogP contribution in [0.5, 0.6) is 0 Å². The topological polar surface area (TPSA) is 61.6 Å². The number of thioether (sulfide) groups is 1. The highest BCUT2D eigenvalue weighted by molar-refractivity contribution is 7.98. The largest absolute Gasteiger partial charge is 0.366 e. The van der Waals surface area contributed by atoms with Crippen LogP contribution in [0, 0.1) is 18.3 Å². The van der Waals surface area contributed by atoms with Gasteiger partial charge < -0.3 is 5.32 Å². The number of hydrogen-bond donors (Lipinski definition) is 1. The Morgan fingerprint density at radius 1 is 1.00 bits per heavy atom. The molecule has 1 aromatic heterocycles. The molecular formula is C25H26N4S. The Hall–Kier alpha value is -2.84. The maximum Gasteiger partial charge on any atom is 0.190 e. The molecule has 152 valence electrons. The Morgan fingerprint density at radius 2 is 1.73 bits per heavy atom. The normalized spacial score (nSPS) is 14.3. The van der Waals surface area contributed by atoms with Crippen LogP contribution in [0.2, 0.25) is 0 Å². The van der Waals surface area contributed by atoms with Crippen molar-refractivity contribution in [3.05, 3.63) is 71.3 Å². The molecule has 1 aliphatic rings. The first-order valence-electron chi connectivity index (χ1n) is 10.6. The Kier molecular flexibility index (Phi) is 6.66. The second-order valence-electron chi connectivity index (χ2n) is 7.81. The van der Waals surface area contributed by atoms with E-state index in [2.05, 4.69) is 42.6 Å². The molecule has 3 aromatic rings. The van der Waals surface area contributed by atoms with E-state index < -0.39 is 0 Å². The summed E-state index contributed by atoms with van der Waals surface area (Å²) in [4.78, 5) is 9.58. The van der Waals surface area contributed by atoms with Crippen molar-refractivity contribution in [3.63, 3.8) is 0 Å². The number of nitrogens with one attached hydrogen (secondary N) is 1. The number of aromatic nitrogens is 2. The van der Waals surface area contributed by atoms with E-state index in [4.69, 9.17) is 9.97 Å². The van der Waals surface area contributed by atoms with Gasteiger partial charge in [0.2, 0.25) is 0 Å². The molecule has 0 spiro atoms. The van der Waals surface area contributed by atoms with Gasteiger partial charge in [0.1, 0.15) is 17.5 Å². The zero-order valence-electron chi connectivity index (χ0n) is 17.3. The lowest BCUT2D eigenvalue weighted by atomic mass is 9.95. The molecule has 0 amide bonds. The number of hydrogen-bond acceptors (Lipinski definition) is 5. The van der Waals surface area contributed by atoms with Crippen LogP contribution in [0.25, 0.3) is 11.3 Å². The van der Waals surface area contributed by atoms with Crippen LogP contribution in [0.4, 0.5) is 5.82 Å². The minimum Gasteiger partial charge on any atom is -0.366 e. The molecule has 0 unspecified atom stereocenters. The highest BCUT2D eigenvalue weighted by Crippen LogP contribution is 2.32. The first kappa shape index (κ1) is 20.4. The predicted octanol–water partition coefficient (Wildman–Crippen LogP) is 6.36. The lowest BCUT2D eigenvalue weighted by Gasteiger charge is -2.24. The molecule has 5 heteroatoms.